The Labute approximate surface area is 189 Å². The molecule has 32 heavy (non-hydrogen) atoms. The average molecular weight is 425 g/mol. The van der Waals surface area contributed by atoms with E-state index in [1.54, 1.807) is 36.4 Å². The molecule has 4 aromatic carbocycles. The minimum atomic E-state index is -0.488. The molecule has 0 fully saturated rings. The first kappa shape index (κ1) is 21.5. The molecule has 0 bridgehead atoms. The summed E-state index contributed by atoms with van der Waals surface area (Å²) in [4.78, 5) is 0. The quantitative estimate of drug-likeness (QED) is 0.304. The van der Waals surface area contributed by atoms with Gasteiger partial charge < -0.3 is 15.3 Å². The standard InChI is InChI=1S/C29H28O3/c1-19(2)28-18-23(10-17-27(28)20-4-11-24(30)12-5-20)29(3,21-6-13-25(31)14-7-21)22-8-15-26(32)16-9-22/h4-19,30-32H,1-3H3. The van der Waals surface area contributed by atoms with Gasteiger partial charge in [-0.05, 0) is 82.6 Å². The van der Waals surface area contributed by atoms with Crippen LogP contribution >= 0.6 is 0 Å². The van der Waals surface area contributed by atoms with Crippen molar-refractivity contribution in [3.05, 3.63) is 113 Å². The van der Waals surface area contributed by atoms with Gasteiger partial charge in [0.25, 0.3) is 0 Å². The smallest absolute Gasteiger partial charge is 0.115 e. The molecule has 0 heterocycles. The van der Waals surface area contributed by atoms with Gasteiger partial charge in [0.1, 0.15) is 17.2 Å². The molecule has 3 N–H and O–H groups in total. The SMILES string of the molecule is CC(C)c1cc(C(C)(c2ccc(O)cc2)c2ccc(O)cc2)ccc1-c1ccc(O)cc1. The van der Waals surface area contributed by atoms with Gasteiger partial charge in [0.15, 0.2) is 0 Å². The summed E-state index contributed by atoms with van der Waals surface area (Å²) in [6, 6.07) is 28.5. The molecule has 3 nitrogen and oxygen atoms in total. The predicted octanol–water partition coefficient (Wildman–Crippen LogP) is 6.95. The van der Waals surface area contributed by atoms with E-state index in [2.05, 4.69) is 39.0 Å². The predicted molar refractivity (Wildman–Crippen MR) is 129 cm³/mol. The Morgan fingerprint density at radius 2 is 0.969 bits per heavy atom. The zero-order valence-electron chi connectivity index (χ0n) is 18.6. The van der Waals surface area contributed by atoms with E-state index < -0.39 is 5.41 Å². The second-order valence-corrected chi connectivity index (χ2v) is 8.72. The fourth-order valence-corrected chi connectivity index (χ4v) is 4.34. The van der Waals surface area contributed by atoms with Gasteiger partial charge in [-0.1, -0.05) is 68.4 Å². The lowest BCUT2D eigenvalue weighted by molar-refractivity contribution is 0.474. The molecular weight excluding hydrogens is 396 g/mol. The molecular formula is C29H28O3. The molecule has 0 atom stereocenters. The van der Waals surface area contributed by atoms with Crippen molar-refractivity contribution >= 4 is 0 Å². The van der Waals surface area contributed by atoms with Gasteiger partial charge in [-0.15, -0.1) is 0 Å². The van der Waals surface area contributed by atoms with E-state index in [0.29, 0.717) is 5.92 Å². The van der Waals surface area contributed by atoms with E-state index in [1.807, 2.05) is 36.4 Å². The molecule has 0 spiro atoms. The van der Waals surface area contributed by atoms with Crippen LogP contribution < -0.4 is 0 Å². The number of phenolic OH excluding ortho intramolecular Hbond substituents is 3. The number of rotatable bonds is 5. The van der Waals surface area contributed by atoms with Crippen LogP contribution in [0.4, 0.5) is 0 Å². The van der Waals surface area contributed by atoms with Crippen LogP contribution in [-0.4, -0.2) is 15.3 Å². The minimum absolute atomic E-state index is 0.229. The Hall–Kier alpha value is -3.72. The fraction of sp³-hybridized carbons (Fsp3) is 0.172. The van der Waals surface area contributed by atoms with Crippen LogP contribution in [0.2, 0.25) is 0 Å². The molecule has 3 heteroatoms. The number of benzene rings is 4. The Kier molecular flexibility index (Phi) is 5.67. The van der Waals surface area contributed by atoms with Gasteiger partial charge in [-0.3, -0.25) is 0 Å². The third-order valence-corrected chi connectivity index (χ3v) is 6.32. The van der Waals surface area contributed by atoms with E-state index in [1.165, 1.54) is 5.56 Å². The van der Waals surface area contributed by atoms with Gasteiger partial charge in [0, 0.05) is 5.41 Å². The summed E-state index contributed by atoms with van der Waals surface area (Å²) in [5, 5.41) is 29.4. The van der Waals surface area contributed by atoms with Crippen molar-refractivity contribution in [2.75, 3.05) is 0 Å². The van der Waals surface area contributed by atoms with Gasteiger partial charge >= 0.3 is 0 Å². The second kappa shape index (κ2) is 8.43. The summed E-state index contributed by atoms with van der Waals surface area (Å²) in [6.07, 6.45) is 0. The number of hydrogen-bond donors (Lipinski definition) is 3. The Balaban J connectivity index is 1.93. The monoisotopic (exact) mass is 424 g/mol. The van der Waals surface area contributed by atoms with Crippen molar-refractivity contribution in [2.45, 2.75) is 32.1 Å². The lowest BCUT2D eigenvalue weighted by Gasteiger charge is -2.33. The molecule has 0 unspecified atom stereocenters. The van der Waals surface area contributed by atoms with Crippen LogP contribution in [0.5, 0.6) is 17.2 Å². The topological polar surface area (TPSA) is 60.7 Å². The Morgan fingerprint density at radius 1 is 0.562 bits per heavy atom. The first-order valence-corrected chi connectivity index (χ1v) is 10.8. The molecule has 0 radical (unpaired) electrons. The molecule has 0 aromatic heterocycles. The van der Waals surface area contributed by atoms with E-state index >= 15 is 0 Å². The summed E-state index contributed by atoms with van der Waals surface area (Å²) in [6.45, 7) is 6.54. The molecule has 162 valence electrons. The van der Waals surface area contributed by atoms with Crippen molar-refractivity contribution in [2.24, 2.45) is 0 Å². The number of aromatic hydroxyl groups is 3. The summed E-state index contributed by atoms with van der Waals surface area (Å²) in [5.41, 5.74) is 6.16. The van der Waals surface area contributed by atoms with Crippen molar-refractivity contribution in [3.8, 4) is 28.4 Å². The zero-order valence-corrected chi connectivity index (χ0v) is 18.6. The highest BCUT2D eigenvalue weighted by Crippen LogP contribution is 2.42. The Morgan fingerprint density at radius 3 is 1.41 bits per heavy atom. The van der Waals surface area contributed by atoms with Gasteiger partial charge in [0.05, 0.1) is 0 Å². The van der Waals surface area contributed by atoms with E-state index in [0.717, 1.165) is 27.8 Å². The van der Waals surface area contributed by atoms with Crippen LogP contribution in [0.3, 0.4) is 0 Å². The van der Waals surface area contributed by atoms with E-state index in [-0.39, 0.29) is 17.2 Å². The van der Waals surface area contributed by atoms with Gasteiger partial charge in [-0.2, -0.15) is 0 Å². The van der Waals surface area contributed by atoms with E-state index in [4.69, 9.17) is 0 Å². The minimum Gasteiger partial charge on any atom is -0.508 e. The first-order chi connectivity index (χ1) is 15.3. The van der Waals surface area contributed by atoms with E-state index in [9.17, 15) is 15.3 Å². The number of hydrogen-bond acceptors (Lipinski definition) is 3. The van der Waals surface area contributed by atoms with Crippen molar-refractivity contribution in [1.29, 1.82) is 0 Å². The highest BCUT2D eigenvalue weighted by Gasteiger charge is 2.32. The summed E-state index contributed by atoms with van der Waals surface area (Å²) < 4.78 is 0. The largest absolute Gasteiger partial charge is 0.508 e. The maximum atomic E-state index is 9.85. The molecule has 0 saturated heterocycles. The molecule has 0 aliphatic heterocycles. The highest BCUT2D eigenvalue weighted by molar-refractivity contribution is 5.70. The lowest BCUT2D eigenvalue weighted by atomic mass is 9.70. The van der Waals surface area contributed by atoms with Gasteiger partial charge in [-0.25, -0.2) is 0 Å². The molecule has 0 saturated carbocycles. The van der Waals surface area contributed by atoms with Crippen LogP contribution in [0.1, 0.15) is 48.9 Å². The molecule has 0 amide bonds. The molecule has 4 aromatic rings. The summed E-state index contributed by atoms with van der Waals surface area (Å²) in [7, 11) is 0. The van der Waals surface area contributed by atoms with Gasteiger partial charge in [0.2, 0.25) is 0 Å². The van der Waals surface area contributed by atoms with Crippen molar-refractivity contribution < 1.29 is 15.3 Å². The van der Waals surface area contributed by atoms with Crippen LogP contribution in [-0.2, 0) is 5.41 Å². The van der Waals surface area contributed by atoms with Crippen molar-refractivity contribution in [3.63, 3.8) is 0 Å². The molecule has 0 aliphatic rings. The lowest BCUT2D eigenvalue weighted by Crippen LogP contribution is -2.25. The maximum Gasteiger partial charge on any atom is 0.115 e. The third-order valence-electron chi connectivity index (χ3n) is 6.32. The summed E-state index contributed by atoms with van der Waals surface area (Å²) in [5.74, 6) is 1.01. The summed E-state index contributed by atoms with van der Waals surface area (Å²) >= 11 is 0. The second-order valence-electron chi connectivity index (χ2n) is 8.72. The maximum absolute atomic E-state index is 9.85. The van der Waals surface area contributed by atoms with Crippen molar-refractivity contribution in [1.82, 2.24) is 0 Å². The first-order valence-electron chi connectivity index (χ1n) is 10.8. The van der Waals surface area contributed by atoms with Crippen LogP contribution in [0.25, 0.3) is 11.1 Å². The average Bonchev–Trinajstić information content (AvgIpc) is 2.79. The van der Waals surface area contributed by atoms with Crippen LogP contribution in [0, 0.1) is 0 Å². The fourth-order valence-electron chi connectivity index (χ4n) is 4.34. The molecule has 0 aliphatic carbocycles. The molecule has 4 rings (SSSR count). The normalized spacial score (nSPS) is 11.6. The highest BCUT2D eigenvalue weighted by atomic mass is 16.3. The third kappa shape index (κ3) is 3.94. The Bertz CT molecular complexity index is 1160. The van der Waals surface area contributed by atoms with Crippen LogP contribution in [0.15, 0.2) is 91.0 Å². The zero-order chi connectivity index (χ0) is 22.9. The number of phenols is 3.